The van der Waals surface area contributed by atoms with E-state index in [1.54, 1.807) is 12.1 Å². The molecule has 0 saturated carbocycles. The molecule has 28 heavy (non-hydrogen) atoms. The van der Waals surface area contributed by atoms with Crippen LogP contribution in [0.4, 0.5) is 0 Å². The predicted octanol–water partition coefficient (Wildman–Crippen LogP) is 4.87. The van der Waals surface area contributed by atoms with Gasteiger partial charge in [0.15, 0.2) is 0 Å². The molecule has 2 rings (SSSR count). The summed E-state index contributed by atoms with van der Waals surface area (Å²) in [6.07, 6.45) is 4.52. The van der Waals surface area contributed by atoms with Gasteiger partial charge < -0.3 is 4.74 Å². The number of unbranched alkanes of at least 4 members (excludes halogenated alkanes) is 3. The van der Waals surface area contributed by atoms with Gasteiger partial charge in [0.2, 0.25) is 10.0 Å². The van der Waals surface area contributed by atoms with Crippen molar-refractivity contribution in [2.45, 2.75) is 49.5 Å². The molecule has 0 bridgehead atoms. The van der Waals surface area contributed by atoms with Crippen molar-refractivity contribution in [1.82, 2.24) is 4.72 Å². The fourth-order valence-electron chi connectivity index (χ4n) is 2.94. The molecule has 0 aliphatic carbocycles. The molecule has 7 heteroatoms. The highest BCUT2D eigenvalue weighted by Gasteiger charge is 2.21. The van der Waals surface area contributed by atoms with E-state index in [1.165, 1.54) is 19.2 Å². The van der Waals surface area contributed by atoms with E-state index in [2.05, 4.69) is 9.46 Å². The summed E-state index contributed by atoms with van der Waals surface area (Å²) < 4.78 is 33.0. The Balaban J connectivity index is 1.99. The minimum Gasteiger partial charge on any atom is -0.469 e. The number of carbonyl (C=O) groups is 1. The van der Waals surface area contributed by atoms with Crippen molar-refractivity contribution in [2.75, 3.05) is 7.11 Å². The minimum atomic E-state index is -3.69. The third kappa shape index (κ3) is 7.26. The Morgan fingerprint density at radius 1 is 1.04 bits per heavy atom. The molecule has 1 atom stereocenters. The second-order valence-electron chi connectivity index (χ2n) is 6.57. The number of methoxy groups -OCH3 is 1. The van der Waals surface area contributed by atoms with E-state index in [9.17, 15) is 13.2 Å². The normalized spacial score (nSPS) is 12.5. The van der Waals surface area contributed by atoms with E-state index in [-0.39, 0.29) is 16.9 Å². The van der Waals surface area contributed by atoms with Crippen LogP contribution in [0.5, 0.6) is 0 Å². The molecule has 2 aromatic carbocycles. The van der Waals surface area contributed by atoms with E-state index in [0.29, 0.717) is 17.9 Å². The van der Waals surface area contributed by atoms with E-state index in [0.717, 1.165) is 31.2 Å². The monoisotopic (exact) mass is 423 g/mol. The van der Waals surface area contributed by atoms with Crippen LogP contribution in [0.25, 0.3) is 0 Å². The highest BCUT2D eigenvalue weighted by atomic mass is 35.5. The molecule has 5 nitrogen and oxygen atoms in total. The number of nitrogens with one attached hydrogen (secondary N) is 1. The second kappa shape index (κ2) is 11.2. The van der Waals surface area contributed by atoms with Gasteiger partial charge in [0.05, 0.1) is 12.0 Å². The maximum atomic E-state index is 12.8. The molecule has 0 aromatic heterocycles. The minimum absolute atomic E-state index is 0.152. The second-order valence-corrected chi connectivity index (χ2v) is 8.72. The molecule has 0 radical (unpaired) electrons. The van der Waals surface area contributed by atoms with Crippen LogP contribution in [0.1, 0.15) is 50.1 Å². The van der Waals surface area contributed by atoms with E-state index >= 15 is 0 Å². The van der Waals surface area contributed by atoms with Crippen LogP contribution in [0.15, 0.2) is 59.5 Å². The number of halogens is 1. The fraction of sp³-hybridized carbons (Fsp3) is 0.381. The quantitative estimate of drug-likeness (QED) is 0.413. The molecular weight excluding hydrogens is 398 g/mol. The Morgan fingerprint density at radius 3 is 2.43 bits per heavy atom. The van der Waals surface area contributed by atoms with Crippen molar-refractivity contribution in [3.8, 4) is 0 Å². The average molecular weight is 424 g/mol. The summed E-state index contributed by atoms with van der Waals surface area (Å²) in [6.45, 7) is 0. The number of ether oxygens (including phenoxy) is 1. The summed E-state index contributed by atoms with van der Waals surface area (Å²) >= 11 is 5.94. The van der Waals surface area contributed by atoms with Crippen molar-refractivity contribution in [3.63, 3.8) is 0 Å². The van der Waals surface area contributed by atoms with Crippen LogP contribution in [0.3, 0.4) is 0 Å². The van der Waals surface area contributed by atoms with Crippen molar-refractivity contribution >= 4 is 27.6 Å². The van der Waals surface area contributed by atoms with Crippen molar-refractivity contribution < 1.29 is 17.9 Å². The Hall–Kier alpha value is -1.89. The maximum Gasteiger partial charge on any atom is 0.305 e. The van der Waals surface area contributed by atoms with Crippen molar-refractivity contribution in [3.05, 3.63) is 65.2 Å². The zero-order valence-corrected chi connectivity index (χ0v) is 17.5. The number of rotatable bonds is 11. The molecule has 0 heterocycles. The van der Waals surface area contributed by atoms with Crippen LogP contribution in [-0.2, 0) is 19.6 Å². The first-order valence-electron chi connectivity index (χ1n) is 9.32. The first kappa shape index (κ1) is 22.4. The lowest BCUT2D eigenvalue weighted by molar-refractivity contribution is -0.140. The number of benzene rings is 2. The number of hydrogen-bond acceptors (Lipinski definition) is 4. The van der Waals surface area contributed by atoms with Crippen LogP contribution >= 0.6 is 11.6 Å². The standard InChI is InChI=1S/C21H26ClNO4S/c1-27-21(24)15-8-3-2-7-14-20(17-10-5-4-6-11-17)23-28(25,26)19-13-9-12-18(22)16-19/h4-6,9-13,16,20,23H,2-3,7-8,14-15H2,1H3. The Morgan fingerprint density at radius 2 is 1.75 bits per heavy atom. The summed E-state index contributed by atoms with van der Waals surface area (Å²) in [5.41, 5.74) is 0.919. The van der Waals surface area contributed by atoms with Crippen molar-refractivity contribution in [2.24, 2.45) is 0 Å². The lowest BCUT2D eigenvalue weighted by atomic mass is 10.0. The molecule has 0 saturated heterocycles. The van der Waals surface area contributed by atoms with Gasteiger partial charge in [-0.25, -0.2) is 13.1 Å². The predicted molar refractivity (Wildman–Crippen MR) is 111 cm³/mol. The molecule has 1 unspecified atom stereocenters. The molecule has 0 aliphatic rings. The largest absolute Gasteiger partial charge is 0.469 e. The number of esters is 1. The number of sulfonamides is 1. The summed E-state index contributed by atoms with van der Waals surface area (Å²) in [4.78, 5) is 11.3. The molecule has 0 fully saturated rings. The first-order valence-corrected chi connectivity index (χ1v) is 11.2. The molecule has 0 amide bonds. The lowest BCUT2D eigenvalue weighted by Crippen LogP contribution is -2.28. The fourth-order valence-corrected chi connectivity index (χ4v) is 4.50. The summed E-state index contributed by atoms with van der Waals surface area (Å²) in [5.74, 6) is -0.198. The topological polar surface area (TPSA) is 72.5 Å². The summed E-state index contributed by atoms with van der Waals surface area (Å²) in [5, 5.41) is 0.379. The van der Waals surface area contributed by atoms with Crippen LogP contribution < -0.4 is 4.72 Å². The number of carbonyl (C=O) groups excluding carboxylic acids is 1. The van der Waals surface area contributed by atoms with Gasteiger partial charge in [0.1, 0.15) is 0 Å². The highest BCUT2D eigenvalue weighted by molar-refractivity contribution is 7.89. The lowest BCUT2D eigenvalue weighted by Gasteiger charge is -2.19. The molecule has 1 N–H and O–H groups in total. The van der Waals surface area contributed by atoms with Crippen LogP contribution in [0.2, 0.25) is 5.02 Å². The number of hydrogen-bond donors (Lipinski definition) is 1. The van der Waals surface area contributed by atoms with E-state index < -0.39 is 10.0 Å². The third-order valence-corrected chi connectivity index (χ3v) is 6.16. The van der Waals surface area contributed by atoms with Gasteiger partial charge in [0, 0.05) is 17.5 Å². The molecule has 0 spiro atoms. The zero-order valence-electron chi connectivity index (χ0n) is 15.9. The van der Waals surface area contributed by atoms with Crippen LogP contribution in [0, 0.1) is 0 Å². The maximum absolute atomic E-state index is 12.8. The highest BCUT2D eigenvalue weighted by Crippen LogP contribution is 2.24. The van der Waals surface area contributed by atoms with Gasteiger partial charge >= 0.3 is 5.97 Å². The van der Waals surface area contributed by atoms with Gasteiger partial charge in [-0.05, 0) is 36.6 Å². The zero-order chi connectivity index (χ0) is 20.4. The third-order valence-electron chi connectivity index (χ3n) is 4.46. The summed E-state index contributed by atoms with van der Waals surface area (Å²) in [6, 6.07) is 15.4. The van der Waals surface area contributed by atoms with Gasteiger partial charge in [0.25, 0.3) is 0 Å². The van der Waals surface area contributed by atoms with Crippen molar-refractivity contribution in [1.29, 1.82) is 0 Å². The molecular formula is C21H26ClNO4S. The van der Waals surface area contributed by atoms with E-state index in [4.69, 9.17) is 11.6 Å². The van der Waals surface area contributed by atoms with Gasteiger partial charge in [-0.2, -0.15) is 0 Å². The molecule has 2 aromatic rings. The first-order chi connectivity index (χ1) is 13.4. The molecule has 0 aliphatic heterocycles. The van der Waals surface area contributed by atoms with E-state index in [1.807, 2.05) is 30.3 Å². The van der Waals surface area contributed by atoms with Gasteiger partial charge in [-0.3, -0.25) is 4.79 Å². The smallest absolute Gasteiger partial charge is 0.305 e. The van der Waals surface area contributed by atoms with Crippen LogP contribution in [-0.4, -0.2) is 21.5 Å². The Bertz CT molecular complexity index is 856. The Kier molecular flexibility index (Phi) is 8.96. The SMILES string of the molecule is COC(=O)CCCCCCC(NS(=O)(=O)c1cccc(Cl)c1)c1ccccc1. The summed E-state index contributed by atoms with van der Waals surface area (Å²) in [7, 11) is -2.30. The average Bonchev–Trinajstić information content (AvgIpc) is 2.70. The van der Waals surface area contributed by atoms with Gasteiger partial charge in [-0.15, -0.1) is 0 Å². The van der Waals surface area contributed by atoms with Gasteiger partial charge in [-0.1, -0.05) is 67.3 Å². The molecule has 152 valence electrons. The Labute approximate surface area is 172 Å².